The first-order valence-electron chi connectivity index (χ1n) is 10.1. The molecular weight excluding hydrogens is 440 g/mol. The lowest BCUT2D eigenvalue weighted by atomic mass is 9.75. The quantitative estimate of drug-likeness (QED) is 0.562. The van der Waals surface area contributed by atoms with Crippen LogP contribution in [0.3, 0.4) is 0 Å². The monoisotopic (exact) mass is 466 g/mol. The Morgan fingerprint density at radius 1 is 1.32 bits per heavy atom. The number of hydrogen-bond donors (Lipinski definition) is 3. The molecule has 1 unspecified atom stereocenters. The Morgan fingerprint density at radius 3 is 2.58 bits per heavy atom. The number of nitrogens with one attached hydrogen (secondary N) is 1. The van der Waals surface area contributed by atoms with Gasteiger partial charge in [-0.1, -0.05) is 29.8 Å². The van der Waals surface area contributed by atoms with Crippen molar-refractivity contribution in [2.24, 2.45) is 0 Å². The second-order valence-electron chi connectivity index (χ2n) is 7.95. The van der Waals surface area contributed by atoms with E-state index in [1.54, 1.807) is 0 Å². The number of rotatable bonds is 6. The summed E-state index contributed by atoms with van der Waals surface area (Å²) >= 11 is 6.47. The molecule has 4 atom stereocenters. The summed E-state index contributed by atoms with van der Waals surface area (Å²) in [7, 11) is -0.803. The predicted molar refractivity (Wildman–Crippen MR) is 122 cm³/mol. The minimum absolute atomic E-state index is 0.224. The van der Waals surface area contributed by atoms with E-state index in [9.17, 15) is 13.8 Å². The number of hydrogen-bond acceptors (Lipinski definition) is 4. The molecular formula is C22H27ClN2O5S. The number of aromatic amines is 1. The molecule has 1 saturated heterocycles. The van der Waals surface area contributed by atoms with Crippen molar-refractivity contribution in [2.45, 2.75) is 42.9 Å². The standard InChI is InChI=1S/C18H21ClN2OS.C4H6O4/c1-3-7-21-10-11(23(2)22)8-13-12-5-4-6-15-17(12)14(9-16(13)21)18(19)20-15;5-3(6)1-2-4(7)8/h3-6,11,13,16,20H,1,7-10H2,2H3;1-2H2,(H,5,6)(H,7,8)/t11-,13-,16-,23?;/m1./s1. The molecule has 0 saturated carbocycles. The van der Waals surface area contributed by atoms with E-state index < -0.39 is 22.7 Å². The molecule has 1 aromatic carbocycles. The first-order valence-corrected chi connectivity index (χ1v) is 12.1. The molecule has 0 amide bonds. The maximum absolute atomic E-state index is 12.1. The van der Waals surface area contributed by atoms with Gasteiger partial charge in [0.05, 0.1) is 12.8 Å². The second kappa shape index (κ2) is 9.97. The Hall–Kier alpha value is -2.16. The van der Waals surface area contributed by atoms with Crippen molar-refractivity contribution in [1.82, 2.24) is 9.88 Å². The van der Waals surface area contributed by atoms with Crippen LogP contribution in [0.4, 0.5) is 0 Å². The van der Waals surface area contributed by atoms with Crippen LogP contribution in [-0.4, -0.2) is 66.9 Å². The molecule has 3 N–H and O–H groups in total. The summed E-state index contributed by atoms with van der Waals surface area (Å²) in [6, 6.07) is 6.83. The Kier molecular flexibility index (Phi) is 7.56. The normalized spacial score (nSPS) is 23.4. The lowest BCUT2D eigenvalue weighted by molar-refractivity contribution is -0.143. The van der Waals surface area contributed by atoms with E-state index in [1.165, 1.54) is 16.5 Å². The highest BCUT2D eigenvalue weighted by Crippen LogP contribution is 2.45. The summed E-state index contributed by atoms with van der Waals surface area (Å²) in [5, 5.41) is 18.1. The Morgan fingerprint density at radius 2 is 2.00 bits per heavy atom. The molecule has 1 aliphatic carbocycles. The number of fused-ring (bicyclic) bond motifs is 2. The summed E-state index contributed by atoms with van der Waals surface area (Å²) in [6.45, 7) is 5.62. The van der Waals surface area contributed by atoms with Gasteiger partial charge in [0.15, 0.2) is 0 Å². The maximum Gasteiger partial charge on any atom is 0.303 e. The third-order valence-electron chi connectivity index (χ3n) is 5.99. The number of likely N-dealkylation sites (tertiary alicyclic amines) is 1. The minimum atomic E-state index is -1.08. The van der Waals surface area contributed by atoms with Crippen LogP contribution < -0.4 is 0 Å². The number of carboxylic acids is 2. The van der Waals surface area contributed by atoms with Gasteiger partial charge in [-0.3, -0.25) is 18.7 Å². The number of piperidine rings is 1. The largest absolute Gasteiger partial charge is 0.481 e. The van der Waals surface area contributed by atoms with Gasteiger partial charge in [0.25, 0.3) is 0 Å². The molecule has 1 aromatic heterocycles. The van der Waals surface area contributed by atoms with Crippen LogP contribution in [0.25, 0.3) is 10.9 Å². The average Bonchev–Trinajstić information content (AvgIpc) is 3.04. The highest BCUT2D eigenvalue weighted by atomic mass is 35.5. The summed E-state index contributed by atoms with van der Waals surface area (Å²) in [5.41, 5.74) is 3.72. The van der Waals surface area contributed by atoms with Gasteiger partial charge in [-0.2, -0.15) is 0 Å². The lowest BCUT2D eigenvalue weighted by Crippen LogP contribution is -2.52. The molecule has 9 heteroatoms. The van der Waals surface area contributed by atoms with Crippen LogP contribution >= 0.6 is 11.6 Å². The summed E-state index contributed by atoms with van der Waals surface area (Å²) in [4.78, 5) is 25.0. The van der Waals surface area contributed by atoms with Crippen LogP contribution in [0.1, 0.15) is 36.3 Å². The Bertz CT molecular complexity index is 1010. The third-order valence-corrected chi connectivity index (χ3v) is 7.60. The van der Waals surface area contributed by atoms with Crippen molar-refractivity contribution in [3.63, 3.8) is 0 Å². The summed E-state index contributed by atoms with van der Waals surface area (Å²) < 4.78 is 12.1. The molecule has 1 fully saturated rings. The van der Waals surface area contributed by atoms with Crippen LogP contribution in [0.2, 0.25) is 5.15 Å². The zero-order valence-electron chi connectivity index (χ0n) is 17.3. The summed E-state index contributed by atoms with van der Waals surface area (Å²) in [6.07, 6.45) is 5.14. The van der Waals surface area contributed by atoms with Gasteiger partial charge in [0, 0.05) is 58.3 Å². The molecule has 2 aliphatic rings. The van der Waals surface area contributed by atoms with Crippen molar-refractivity contribution < 1.29 is 24.0 Å². The lowest BCUT2D eigenvalue weighted by Gasteiger charge is -2.46. The zero-order chi connectivity index (χ0) is 22.7. The van der Waals surface area contributed by atoms with Crippen molar-refractivity contribution in [2.75, 3.05) is 19.3 Å². The fourth-order valence-electron chi connectivity index (χ4n) is 4.63. The SMILES string of the molecule is C=CCN1C[C@H](S(C)=O)C[C@@H]2c3cccc4[nH]c(Cl)c(c34)C[C@H]21.O=C(O)CCC(=O)O. The second-order valence-corrected chi connectivity index (χ2v) is 9.99. The van der Waals surface area contributed by atoms with Crippen LogP contribution in [-0.2, 0) is 26.8 Å². The molecule has 4 rings (SSSR count). The van der Waals surface area contributed by atoms with Gasteiger partial charge < -0.3 is 15.2 Å². The van der Waals surface area contributed by atoms with Crippen molar-refractivity contribution in [3.8, 4) is 0 Å². The van der Waals surface area contributed by atoms with Crippen LogP contribution in [0.15, 0.2) is 30.9 Å². The maximum atomic E-state index is 12.1. The number of H-pyrrole nitrogens is 1. The van der Waals surface area contributed by atoms with Crippen molar-refractivity contribution in [3.05, 3.63) is 47.1 Å². The van der Waals surface area contributed by atoms with Gasteiger partial charge in [-0.15, -0.1) is 6.58 Å². The smallest absolute Gasteiger partial charge is 0.303 e. The Labute approximate surface area is 188 Å². The van der Waals surface area contributed by atoms with E-state index in [1.807, 2.05) is 12.3 Å². The van der Waals surface area contributed by atoms with Gasteiger partial charge >= 0.3 is 11.9 Å². The van der Waals surface area contributed by atoms with Crippen molar-refractivity contribution >= 4 is 45.2 Å². The fraction of sp³-hybridized carbons (Fsp3) is 0.455. The Balaban J connectivity index is 0.000000293. The van der Waals surface area contributed by atoms with Crippen molar-refractivity contribution in [1.29, 1.82) is 0 Å². The highest BCUT2D eigenvalue weighted by Gasteiger charge is 2.42. The first-order chi connectivity index (χ1) is 14.7. The molecule has 0 bridgehead atoms. The molecule has 2 heterocycles. The predicted octanol–water partition coefficient (Wildman–Crippen LogP) is 3.40. The molecule has 31 heavy (non-hydrogen) atoms. The number of nitrogens with zero attached hydrogens (tertiary/aromatic N) is 1. The number of halogens is 1. The third kappa shape index (κ3) is 5.19. The van der Waals surface area contributed by atoms with Gasteiger partial charge in [0.2, 0.25) is 0 Å². The van der Waals surface area contributed by atoms with Gasteiger partial charge in [-0.05, 0) is 30.0 Å². The van der Waals surface area contributed by atoms with E-state index in [2.05, 4.69) is 34.7 Å². The van der Waals surface area contributed by atoms with E-state index in [4.69, 9.17) is 21.8 Å². The zero-order valence-corrected chi connectivity index (χ0v) is 18.9. The van der Waals surface area contributed by atoms with Gasteiger partial charge in [-0.25, -0.2) is 0 Å². The number of carbonyl (C=O) groups is 2. The molecule has 0 spiro atoms. The van der Waals surface area contributed by atoms with E-state index in [-0.39, 0.29) is 18.1 Å². The minimum Gasteiger partial charge on any atom is -0.481 e. The molecule has 2 aromatic rings. The summed E-state index contributed by atoms with van der Waals surface area (Å²) in [5.74, 6) is -1.74. The highest BCUT2D eigenvalue weighted by molar-refractivity contribution is 7.84. The number of aliphatic carboxylic acids is 2. The fourth-order valence-corrected chi connectivity index (χ4v) is 5.78. The molecule has 7 nitrogen and oxygen atoms in total. The van der Waals surface area contributed by atoms with E-state index >= 15 is 0 Å². The first kappa shape index (κ1) is 23.5. The number of carboxylic acid groups (broad SMARTS) is 2. The molecule has 168 valence electrons. The molecule has 0 radical (unpaired) electrons. The average molecular weight is 467 g/mol. The van der Waals surface area contributed by atoms with Crippen LogP contribution in [0.5, 0.6) is 0 Å². The molecule has 1 aliphatic heterocycles. The number of aromatic nitrogens is 1. The van der Waals surface area contributed by atoms with E-state index in [0.717, 1.165) is 36.6 Å². The van der Waals surface area contributed by atoms with Gasteiger partial charge in [0.1, 0.15) is 5.15 Å². The number of benzene rings is 1. The topological polar surface area (TPSA) is 111 Å². The van der Waals surface area contributed by atoms with E-state index in [0.29, 0.717) is 12.0 Å². The van der Waals surface area contributed by atoms with Crippen LogP contribution in [0, 0.1) is 0 Å².